The first-order chi connectivity index (χ1) is 9.13. The predicted molar refractivity (Wildman–Crippen MR) is 68.8 cm³/mol. The number of phenolic OH excluding ortho intramolecular Hbond substituents is 2. The highest BCUT2D eigenvalue weighted by Crippen LogP contribution is 2.38. The molecule has 19 heavy (non-hydrogen) atoms. The maximum absolute atomic E-state index is 9.44. The van der Waals surface area contributed by atoms with Crippen molar-refractivity contribution in [3.05, 3.63) is 35.4 Å². The van der Waals surface area contributed by atoms with Crippen LogP contribution in [-0.2, 0) is 6.42 Å². The van der Waals surface area contributed by atoms with Crippen LogP contribution < -0.4 is 5.73 Å². The lowest BCUT2D eigenvalue weighted by Gasteiger charge is -2.08. The molecule has 5 N–H and O–H groups in total. The Morgan fingerprint density at radius 2 is 2.11 bits per heavy atom. The molecule has 3 rings (SSSR count). The summed E-state index contributed by atoms with van der Waals surface area (Å²) in [7, 11) is 0. The van der Waals surface area contributed by atoms with Crippen LogP contribution in [0.2, 0.25) is 0 Å². The highest BCUT2D eigenvalue weighted by molar-refractivity contribution is 5.40. The maximum Gasteiger partial charge on any atom is 0.167 e. The summed E-state index contributed by atoms with van der Waals surface area (Å²) >= 11 is 0. The summed E-state index contributed by atoms with van der Waals surface area (Å²) in [6, 6.07) is 4.35. The van der Waals surface area contributed by atoms with Gasteiger partial charge in [-0.05, 0) is 37.0 Å². The van der Waals surface area contributed by atoms with E-state index in [4.69, 9.17) is 5.73 Å². The second kappa shape index (κ2) is 4.55. The molecule has 0 saturated heterocycles. The molecule has 100 valence electrons. The largest absolute Gasteiger partial charge is 0.504 e. The standard InChI is InChI=1S/C13H16N4O2/c14-9(5-7-1-4-10(18)11(19)6-7)13-15-12(16-17-13)8-2-3-8/h1,4,6,8-9,18-19H,2-3,5,14H2,(H,15,16,17). The van der Waals surface area contributed by atoms with E-state index in [0.29, 0.717) is 18.2 Å². The van der Waals surface area contributed by atoms with Gasteiger partial charge in [0.25, 0.3) is 0 Å². The zero-order valence-electron chi connectivity index (χ0n) is 10.4. The summed E-state index contributed by atoms with van der Waals surface area (Å²) in [6.45, 7) is 0. The van der Waals surface area contributed by atoms with E-state index in [0.717, 1.165) is 24.2 Å². The van der Waals surface area contributed by atoms with Gasteiger partial charge in [-0.15, -0.1) is 0 Å². The molecule has 1 heterocycles. The summed E-state index contributed by atoms with van der Waals surface area (Å²) in [5.74, 6) is 1.75. The van der Waals surface area contributed by atoms with E-state index < -0.39 is 0 Å². The Hall–Kier alpha value is -2.08. The number of H-pyrrole nitrogens is 1. The number of benzene rings is 1. The van der Waals surface area contributed by atoms with Crippen molar-refractivity contribution in [1.29, 1.82) is 0 Å². The lowest BCUT2D eigenvalue weighted by Crippen LogP contribution is -2.15. The van der Waals surface area contributed by atoms with E-state index in [2.05, 4.69) is 15.2 Å². The van der Waals surface area contributed by atoms with Crippen LogP contribution in [0.25, 0.3) is 0 Å². The third-order valence-corrected chi connectivity index (χ3v) is 3.31. The van der Waals surface area contributed by atoms with E-state index in [1.54, 1.807) is 6.07 Å². The summed E-state index contributed by atoms with van der Waals surface area (Å²) in [5, 5.41) is 25.8. The van der Waals surface area contributed by atoms with E-state index >= 15 is 0 Å². The quantitative estimate of drug-likeness (QED) is 0.620. The van der Waals surface area contributed by atoms with Crippen molar-refractivity contribution >= 4 is 0 Å². The fraction of sp³-hybridized carbons (Fsp3) is 0.385. The minimum Gasteiger partial charge on any atom is -0.504 e. The van der Waals surface area contributed by atoms with Crippen molar-refractivity contribution in [3.8, 4) is 11.5 Å². The van der Waals surface area contributed by atoms with Gasteiger partial charge in [-0.1, -0.05) is 6.07 Å². The topological polar surface area (TPSA) is 108 Å². The predicted octanol–water partition coefficient (Wildman–Crippen LogP) is 1.34. The molecule has 1 aliphatic carbocycles. The van der Waals surface area contributed by atoms with Gasteiger partial charge >= 0.3 is 0 Å². The Balaban J connectivity index is 1.72. The third kappa shape index (κ3) is 2.53. The van der Waals surface area contributed by atoms with Crippen LogP contribution in [0.3, 0.4) is 0 Å². The molecular weight excluding hydrogens is 244 g/mol. The molecule has 1 saturated carbocycles. The zero-order valence-corrected chi connectivity index (χ0v) is 10.4. The van der Waals surface area contributed by atoms with Gasteiger partial charge in [0, 0.05) is 5.92 Å². The summed E-state index contributed by atoms with van der Waals surface area (Å²) in [6.07, 6.45) is 2.83. The van der Waals surface area contributed by atoms with Crippen LogP contribution in [0.15, 0.2) is 18.2 Å². The van der Waals surface area contributed by atoms with Gasteiger partial charge < -0.3 is 15.9 Å². The van der Waals surface area contributed by atoms with Gasteiger partial charge in [0.15, 0.2) is 17.3 Å². The molecule has 0 radical (unpaired) electrons. The Morgan fingerprint density at radius 1 is 1.32 bits per heavy atom. The molecule has 0 amide bonds. The van der Waals surface area contributed by atoms with Gasteiger partial charge in [-0.3, -0.25) is 5.10 Å². The Morgan fingerprint density at radius 3 is 2.79 bits per heavy atom. The lowest BCUT2D eigenvalue weighted by atomic mass is 10.1. The molecule has 1 unspecified atom stereocenters. The molecule has 6 heteroatoms. The van der Waals surface area contributed by atoms with E-state index in [-0.39, 0.29) is 17.5 Å². The normalized spacial score (nSPS) is 16.5. The minimum atomic E-state index is -0.326. The first kappa shape index (κ1) is 12.0. The number of nitrogens with zero attached hydrogens (tertiary/aromatic N) is 2. The maximum atomic E-state index is 9.44. The van der Waals surface area contributed by atoms with Crippen LogP contribution in [0.5, 0.6) is 11.5 Å². The van der Waals surface area contributed by atoms with Crippen LogP contribution in [0, 0.1) is 0 Å². The average molecular weight is 260 g/mol. The Kier molecular flexibility index (Phi) is 2.87. The van der Waals surface area contributed by atoms with Gasteiger partial charge in [0.05, 0.1) is 6.04 Å². The van der Waals surface area contributed by atoms with Crippen LogP contribution in [0.4, 0.5) is 0 Å². The van der Waals surface area contributed by atoms with Gasteiger partial charge in [0.2, 0.25) is 0 Å². The highest BCUT2D eigenvalue weighted by atomic mass is 16.3. The van der Waals surface area contributed by atoms with E-state index in [1.807, 2.05) is 0 Å². The summed E-state index contributed by atoms with van der Waals surface area (Å²) in [4.78, 5) is 4.40. The molecule has 0 aliphatic heterocycles. The molecule has 1 aliphatic rings. The molecule has 1 fully saturated rings. The average Bonchev–Trinajstić information content (AvgIpc) is 3.11. The highest BCUT2D eigenvalue weighted by Gasteiger charge is 2.27. The number of aromatic hydroxyl groups is 2. The first-order valence-corrected chi connectivity index (χ1v) is 6.32. The van der Waals surface area contributed by atoms with Crippen molar-refractivity contribution in [3.63, 3.8) is 0 Å². The van der Waals surface area contributed by atoms with Gasteiger partial charge in [-0.25, -0.2) is 4.98 Å². The number of nitrogens with one attached hydrogen (secondary N) is 1. The van der Waals surface area contributed by atoms with Crippen LogP contribution in [0.1, 0.15) is 42.0 Å². The molecule has 2 aromatic rings. The number of nitrogens with two attached hydrogens (primary N) is 1. The second-order valence-electron chi connectivity index (χ2n) is 4.99. The number of aromatic nitrogens is 3. The Labute approximate surface area is 110 Å². The van der Waals surface area contributed by atoms with Crippen molar-refractivity contribution in [2.45, 2.75) is 31.2 Å². The van der Waals surface area contributed by atoms with E-state index in [1.165, 1.54) is 12.1 Å². The van der Waals surface area contributed by atoms with Crippen molar-refractivity contribution < 1.29 is 10.2 Å². The molecule has 1 atom stereocenters. The monoisotopic (exact) mass is 260 g/mol. The van der Waals surface area contributed by atoms with Crippen molar-refractivity contribution in [1.82, 2.24) is 15.2 Å². The van der Waals surface area contributed by atoms with E-state index in [9.17, 15) is 10.2 Å². The molecular formula is C13H16N4O2. The summed E-state index contributed by atoms with van der Waals surface area (Å²) in [5.41, 5.74) is 6.89. The smallest absolute Gasteiger partial charge is 0.167 e. The molecule has 0 bridgehead atoms. The fourth-order valence-corrected chi connectivity index (χ4v) is 2.03. The number of aromatic amines is 1. The van der Waals surface area contributed by atoms with Crippen LogP contribution >= 0.6 is 0 Å². The zero-order chi connectivity index (χ0) is 13.4. The minimum absolute atomic E-state index is 0.133. The molecule has 1 aromatic carbocycles. The molecule has 1 aromatic heterocycles. The third-order valence-electron chi connectivity index (χ3n) is 3.31. The lowest BCUT2D eigenvalue weighted by molar-refractivity contribution is 0.403. The number of phenols is 2. The Bertz CT molecular complexity index is 592. The molecule has 6 nitrogen and oxygen atoms in total. The number of hydrogen-bond donors (Lipinski definition) is 4. The van der Waals surface area contributed by atoms with Crippen LogP contribution in [-0.4, -0.2) is 25.4 Å². The van der Waals surface area contributed by atoms with Gasteiger partial charge in [0.1, 0.15) is 5.82 Å². The SMILES string of the molecule is NC(Cc1ccc(O)c(O)c1)c1n[nH]c(C2CC2)n1. The first-order valence-electron chi connectivity index (χ1n) is 6.32. The summed E-state index contributed by atoms with van der Waals surface area (Å²) < 4.78 is 0. The molecule has 0 spiro atoms. The van der Waals surface area contributed by atoms with Gasteiger partial charge in [-0.2, -0.15) is 5.10 Å². The second-order valence-corrected chi connectivity index (χ2v) is 4.99. The fourth-order valence-electron chi connectivity index (χ4n) is 2.03. The van der Waals surface area contributed by atoms with Crippen molar-refractivity contribution in [2.75, 3.05) is 0 Å². The number of hydrogen-bond acceptors (Lipinski definition) is 5. The van der Waals surface area contributed by atoms with Crippen molar-refractivity contribution in [2.24, 2.45) is 5.73 Å². The number of rotatable bonds is 4.